The highest BCUT2D eigenvalue weighted by molar-refractivity contribution is 5.93. The summed E-state index contributed by atoms with van der Waals surface area (Å²) >= 11 is 0. The van der Waals surface area contributed by atoms with Crippen LogP contribution in [0.1, 0.15) is 30.6 Å². The van der Waals surface area contributed by atoms with Crippen LogP contribution in [-0.4, -0.2) is 43.5 Å². The molecule has 2 atom stereocenters. The molecule has 2 rings (SSSR count). The number of hydrogen-bond donors (Lipinski definition) is 1. The molecule has 22 heavy (non-hydrogen) atoms. The Balaban J connectivity index is 1.87. The van der Waals surface area contributed by atoms with E-state index in [1.807, 2.05) is 0 Å². The van der Waals surface area contributed by atoms with Crippen LogP contribution in [0.2, 0.25) is 0 Å². The number of benzene rings is 1. The number of carbonyl (C=O) groups excluding carboxylic acids is 2. The van der Waals surface area contributed by atoms with E-state index in [2.05, 4.69) is 28.8 Å². The summed E-state index contributed by atoms with van der Waals surface area (Å²) < 4.78 is 4.64. The first kappa shape index (κ1) is 16.5. The molecular formula is C17H24N2O3. The molecule has 0 bridgehead atoms. The zero-order valence-corrected chi connectivity index (χ0v) is 13.5. The molecule has 5 nitrogen and oxygen atoms in total. The Morgan fingerprint density at radius 3 is 2.32 bits per heavy atom. The van der Waals surface area contributed by atoms with E-state index in [1.54, 1.807) is 24.3 Å². The van der Waals surface area contributed by atoms with Crippen LogP contribution in [0.4, 0.5) is 5.69 Å². The van der Waals surface area contributed by atoms with Gasteiger partial charge in [-0.3, -0.25) is 9.69 Å². The Labute approximate surface area is 131 Å². The molecule has 0 radical (unpaired) electrons. The number of methoxy groups -OCH3 is 1. The zero-order chi connectivity index (χ0) is 16.1. The van der Waals surface area contributed by atoms with Crippen LogP contribution in [0.15, 0.2) is 24.3 Å². The van der Waals surface area contributed by atoms with E-state index in [9.17, 15) is 9.59 Å². The molecule has 0 aliphatic carbocycles. The number of piperidine rings is 1. The molecule has 0 saturated carbocycles. The quantitative estimate of drug-likeness (QED) is 0.868. The lowest BCUT2D eigenvalue weighted by molar-refractivity contribution is -0.117. The Hall–Kier alpha value is -1.88. The molecule has 1 heterocycles. The maximum absolute atomic E-state index is 12.1. The molecule has 0 spiro atoms. The summed E-state index contributed by atoms with van der Waals surface area (Å²) in [7, 11) is 1.35. The summed E-state index contributed by atoms with van der Waals surface area (Å²) in [6.07, 6.45) is 1.23. The number of nitrogens with one attached hydrogen (secondary N) is 1. The molecule has 0 aromatic heterocycles. The number of hydrogen-bond acceptors (Lipinski definition) is 4. The monoisotopic (exact) mass is 304 g/mol. The van der Waals surface area contributed by atoms with Gasteiger partial charge in [0.2, 0.25) is 5.91 Å². The number of ether oxygens (including phenoxy) is 1. The molecule has 1 fully saturated rings. The molecule has 1 amide bonds. The van der Waals surface area contributed by atoms with E-state index in [-0.39, 0.29) is 11.9 Å². The first-order chi connectivity index (χ1) is 10.5. The van der Waals surface area contributed by atoms with Crippen molar-refractivity contribution >= 4 is 17.6 Å². The third kappa shape index (κ3) is 4.56. The molecule has 1 aliphatic heterocycles. The molecule has 120 valence electrons. The second-order valence-corrected chi connectivity index (χ2v) is 6.26. The fourth-order valence-electron chi connectivity index (χ4n) is 3.13. The van der Waals surface area contributed by atoms with Crippen LogP contribution in [-0.2, 0) is 9.53 Å². The Morgan fingerprint density at radius 1 is 1.18 bits per heavy atom. The second kappa shape index (κ2) is 7.40. The summed E-state index contributed by atoms with van der Waals surface area (Å²) in [6.45, 7) is 6.81. The summed E-state index contributed by atoms with van der Waals surface area (Å²) in [5, 5.41) is 2.87. The SMILES string of the molecule is COC(=O)c1ccc(NC(=O)CN2C[C@@H](C)C[C@H](C)C2)cc1. The van der Waals surface area contributed by atoms with Crippen molar-refractivity contribution in [2.24, 2.45) is 11.8 Å². The number of rotatable bonds is 4. The highest BCUT2D eigenvalue weighted by atomic mass is 16.5. The van der Waals surface area contributed by atoms with E-state index >= 15 is 0 Å². The molecule has 5 heteroatoms. The first-order valence-electron chi connectivity index (χ1n) is 7.68. The van der Waals surface area contributed by atoms with Crippen molar-refractivity contribution in [1.82, 2.24) is 4.90 Å². The van der Waals surface area contributed by atoms with Gasteiger partial charge in [0.1, 0.15) is 0 Å². The lowest BCUT2D eigenvalue weighted by Crippen LogP contribution is -2.42. The average molecular weight is 304 g/mol. The van der Waals surface area contributed by atoms with Gasteiger partial charge in [-0.15, -0.1) is 0 Å². The first-order valence-corrected chi connectivity index (χ1v) is 7.68. The van der Waals surface area contributed by atoms with Gasteiger partial charge in [-0.25, -0.2) is 4.79 Å². The summed E-state index contributed by atoms with van der Waals surface area (Å²) in [4.78, 5) is 25.7. The van der Waals surface area contributed by atoms with Gasteiger partial charge >= 0.3 is 5.97 Å². The fourth-order valence-corrected chi connectivity index (χ4v) is 3.13. The molecule has 1 aromatic rings. The van der Waals surface area contributed by atoms with E-state index < -0.39 is 0 Å². The molecular weight excluding hydrogens is 280 g/mol. The second-order valence-electron chi connectivity index (χ2n) is 6.26. The van der Waals surface area contributed by atoms with Crippen molar-refractivity contribution in [2.45, 2.75) is 20.3 Å². The maximum atomic E-state index is 12.1. The van der Waals surface area contributed by atoms with Gasteiger partial charge in [0.05, 0.1) is 19.2 Å². The number of nitrogens with zero attached hydrogens (tertiary/aromatic N) is 1. The van der Waals surface area contributed by atoms with Crippen molar-refractivity contribution < 1.29 is 14.3 Å². The summed E-state index contributed by atoms with van der Waals surface area (Å²) in [5.74, 6) is 0.869. The highest BCUT2D eigenvalue weighted by Crippen LogP contribution is 2.20. The lowest BCUT2D eigenvalue weighted by atomic mass is 9.92. The summed E-state index contributed by atoms with van der Waals surface area (Å²) in [5.41, 5.74) is 1.16. The highest BCUT2D eigenvalue weighted by Gasteiger charge is 2.23. The number of amides is 1. The minimum absolute atomic E-state index is 0.0212. The van der Waals surface area contributed by atoms with Crippen molar-refractivity contribution in [1.29, 1.82) is 0 Å². The molecule has 1 N–H and O–H groups in total. The van der Waals surface area contributed by atoms with Gasteiger partial charge in [-0.1, -0.05) is 13.8 Å². The Kier molecular flexibility index (Phi) is 5.55. The van der Waals surface area contributed by atoms with Crippen LogP contribution in [0.25, 0.3) is 0 Å². The third-order valence-corrected chi connectivity index (χ3v) is 3.90. The molecule has 1 aliphatic rings. The predicted octanol–water partition coefficient (Wildman–Crippen LogP) is 2.39. The molecule has 1 aromatic carbocycles. The largest absolute Gasteiger partial charge is 0.465 e. The van der Waals surface area contributed by atoms with Gasteiger partial charge in [-0.05, 0) is 42.5 Å². The lowest BCUT2D eigenvalue weighted by Gasteiger charge is -2.34. The fraction of sp³-hybridized carbons (Fsp3) is 0.529. The van der Waals surface area contributed by atoms with E-state index in [1.165, 1.54) is 13.5 Å². The van der Waals surface area contributed by atoms with E-state index in [0.29, 0.717) is 29.6 Å². The van der Waals surface area contributed by atoms with E-state index in [0.717, 1.165) is 13.1 Å². The van der Waals surface area contributed by atoms with Gasteiger partial charge in [0, 0.05) is 18.8 Å². The van der Waals surface area contributed by atoms with Crippen LogP contribution >= 0.6 is 0 Å². The summed E-state index contributed by atoms with van der Waals surface area (Å²) in [6, 6.07) is 6.72. The average Bonchev–Trinajstić information content (AvgIpc) is 2.46. The van der Waals surface area contributed by atoms with Crippen LogP contribution in [0, 0.1) is 11.8 Å². The number of likely N-dealkylation sites (tertiary alicyclic amines) is 1. The Morgan fingerprint density at radius 2 is 1.77 bits per heavy atom. The van der Waals surface area contributed by atoms with Crippen molar-refractivity contribution in [3.8, 4) is 0 Å². The van der Waals surface area contributed by atoms with Crippen LogP contribution in [0.3, 0.4) is 0 Å². The maximum Gasteiger partial charge on any atom is 0.337 e. The Bertz CT molecular complexity index is 517. The predicted molar refractivity (Wildman–Crippen MR) is 85.8 cm³/mol. The normalized spacial score (nSPS) is 22.1. The van der Waals surface area contributed by atoms with E-state index in [4.69, 9.17) is 0 Å². The van der Waals surface area contributed by atoms with Crippen molar-refractivity contribution in [2.75, 3.05) is 32.1 Å². The topological polar surface area (TPSA) is 58.6 Å². The van der Waals surface area contributed by atoms with Crippen LogP contribution < -0.4 is 5.32 Å². The zero-order valence-electron chi connectivity index (χ0n) is 13.5. The van der Waals surface area contributed by atoms with Crippen molar-refractivity contribution in [3.63, 3.8) is 0 Å². The number of carbonyl (C=O) groups is 2. The van der Waals surface area contributed by atoms with Crippen LogP contribution in [0.5, 0.6) is 0 Å². The molecule has 1 saturated heterocycles. The minimum atomic E-state index is -0.380. The standard InChI is InChI=1S/C17H24N2O3/c1-12-8-13(2)10-19(9-12)11-16(20)18-15-6-4-14(5-7-15)17(21)22-3/h4-7,12-13H,8-11H2,1-3H3,(H,18,20)/t12-,13-/m0/s1. The van der Waals surface area contributed by atoms with Gasteiger partial charge < -0.3 is 10.1 Å². The number of esters is 1. The number of anilines is 1. The van der Waals surface area contributed by atoms with Gasteiger partial charge in [0.15, 0.2) is 0 Å². The van der Waals surface area contributed by atoms with Gasteiger partial charge in [0.25, 0.3) is 0 Å². The van der Waals surface area contributed by atoms with Crippen molar-refractivity contribution in [3.05, 3.63) is 29.8 Å². The smallest absolute Gasteiger partial charge is 0.337 e. The molecule has 0 unspecified atom stereocenters. The third-order valence-electron chi connectivity index (χ3n) is 3.90. The van der Waals surface area contributed by atoms with Gasteiger partial charge in [-0.2, -0.15) is 0 Å². The minimum Gasteiger partial charge on any atom is -0.465 e.